The van der Waals surface area contributed by atoms with E-state index < -0.39 is 0 Å². The zero-order valence-electron chi connectivity index (χ0n) is 11.6. The summed E-state index contributed by atoms with van der Waals surface area (Å²) in [6.07, 6.45) is 4.60. The van der Waals surface area contributed by atoms with E-state index in [-0.39, 0.29) is 6.10 Å². The summed E-state index contributed by atoms with van der Waals surface area (Å²) < 4.78 is 0. The Balaban J connectivity index is 1.99. The van der Waals surface area contributed by atoms with Crippen LogP contribution in [0.15, 0.2) is 0 Å². The molecule has 1 saturated heterocycles. The number of aliphatic hydroxyl groups excluding tert-OH is 1. The Morgan fingerprint density at radius 2 is 2.00 bits per heavy atom. The summed E-state index contributed by atoms with van der Waals surface area (Å²) in [5, 5.41) is 10.3. The van der Waals surface area contributed by atoms with E-state index in [1.807, 2.05) is 0 Å². The molecule has 2 rings (SSSR count). The van der Waals surface area contributed by atoms with Gasteiger partial charge in [0.15, 0.2) is 0 Å². The van der Waals surface area contributed by atoms with Gasteiger partial charge >= 0.3 is 0 Å². The van der Waals surface area contributed by atoms with Crippen LogP contribution in [0.2, 0.25) is 0 Å². The zero-order chi connectivity index (χ0) is 12.4. The Labute approximate surface area is 106 Å². The second-order valence-corrected chi connectivity index (χ2v) is 6.07. The van der Waals surface area contributed by atoms with Gasteiger partial charge in [-0.15, -0.1) is 0 Å². The number of likely N-dealkylation sites (N-methyl/N-ethyl adjacent to an activating group) is 1. The van der Waals surface area contributed by atoms with Crippen molar-refractivity contribution < 1.29 is 5.11 Å². The predicted octanol–water partition coefficient (Wildman–Crippen LogP) is 1.56. The first-order valence-electron chi connectivity index (χ1n) is 7.24. The molecule has 4 atom stereocenters. The van der Waals surface area contributed by atoms with Crippen molar-refractivity contribution in [2.24, 2.45) is 5.92 Å². The molecule has 0 amide bonds. The van der Waals surface area contributed by atoms with Crippen LogP contribution in [0.5, 0.6) is 0 Å². The highest BCUT2D eigenvalue weighted by Crippen LogP contribution is 2.31. The first kappa shape index (κ1) is 13.3. The third-order valence-electron chi connectivity index (χ3n) is 4.77. The van der Waals surface area contributed by atoms with Gasteiger partial charge < -0.3 is 10.0 Å². The van der Waals surface area contributed by atoms with E-state index >= 15 is 0 Å². The topological polar surface area (TPSA) is 26.7 Å². The number of hydrogen-bond acceptors (Lipinski definition) is 3. The Hall–Kier alpha value is -0.120. The SMILES string of the molecule is CCC1CCC(O)C(N2CCN(C)CC2C)C1. The van der Waals surface area contributed by atoms with Crippen molar-refractivity contribution in [2.45, 2.75) is 57.7 Å². The van der Waals surface area contributed by atoms with Crippen LogP contribution in [-0.2, 0) is 0 Å². The quantitative estimate of drug-likeness (QED) is 0.793. The maximum Gasteiger partial charge on any atom is 0.0695 e. The van der Waals surface area contributed by atoms with Gasteiger partial charge in [-0.2, -0.15) is 0 Å². The Kier molecular flexibility index (Phi) is 4.45. The third kappa shape index (κ3) is 3.01. The van der Waals surface area contributed by atoms with Crippen LogP contribution < -0.4 is 0 Å². The van der Waals surface area contributed by atoms with Crippen molar-refractivity contribution in [2.75, 3.05) is 26.7 Å². The minimum Gasteiger partial charge on any atom is -0.391 e. The smallest absolute Gasteiger partial charge is 0.0695 e. The molecule has 3 nitrogen and oxygen atoms in total. The summed E-state index contributed by atoms with van der Waals surface area (Å²) in [6, 6.07) is 1.00. The lowest BCUT2D eigenvalue weighted by Crippen LogP contribution is -2.58. The normalized spacial score (nSPS) is 41.6. The fourth-order valence-corrected chi connectivity index (χ4v) is 3.59. The fourth-order valence-electron chi connectivity index (χ4n) is 3.59. The van der Waals surface area contributed by atoms with Gasteiger partial charge in [0.25, 0.3) is 0 Å². The Morgan fingerprint density at radius 1 is 1.24 bits per heavy atom. The van der Waals surface area contributed by atoms with Crippen LogP contribution in [0, 0.1) is 5.92 Å². The van der Waals surface area contributed by atoms with E-state index in [0.717, 1.165) is 32.0 Å². The maximum atomic E-state index is 10.3. The summed E-state index contributed by atoms with van der Waals surface area (Å²) in [5.74, 6) is 0.829. The molecular formula is C14H28N2O. The van der Waals surface area contributed by atoms with Crippen LogP contribution in [0.25, 0.3) is 0 Å². The molecule has 1 aliphatic carbocycles. The second-order valence-electron chi connectivity index (χ2n) is 6.07. The summed E-state index contributed by atoms with van der Waals surface area (Å²) in [5.41, 5.74) is 0. The monoisotopic (exact) mass is 240 g/mol. The number of piperazine rings is 1. The molecule has 0 aromatic rings. The highest BCUT2D eigenvalue weighted by atomic mass is 16.3. The largest absolute Gasteiger partial charge is 0.391 e. The average molecular weight is 240 g/mol. The standard InChI is InChI=1S/C14H28N2O/c1-4-12-5-6-14(17)13(9-12)16-8-7-15(3)10-11(16)2/h11-14,17H,4-10H2,1-3H3. The van der Waals surface area contributed by atoms with Gasteiger partial charge in [0.1, 0.15) is 0 Å². The molecule has 0 bridgehead atoms. The lowest BCUT2D eigenvalue weighted by Gasteiger charge is -2.47. The van der Waals surface area contributed by atoms with Crippen molar-refractivity contribution in [3.05, 3.63) is 0 Å². The Morgan fingerprint density at radius 3 is 2.65 bits per heavy atom. The van der Waals surface area contributed by atoms with Gasteiger partial charge in [0.2, 0.25) is 0 Å². The number of nitrogens with zero attached hydrogens (tertiary/aromatic N) is 2. The maximum absolute atomic E-state index is 10.3. The van der Waals surface area contributed by atoms with Crippen molar-refractivity contribution in [1.29, 1.82) is 0 Å². The van der Waals surface area contributed by atoms with E-state index in [1.165, 1.54) is 19.3 Å². The molecular weight excluding hydrogens is 212 g/mol. The molecule has 100 valence electrons. The predicted molar refractivity (Wildman–Crippen MR) is 71.1 cm³/mol. The fraction of sp³-hybridized carbons (Fsp3) is 1.00. The molecule has 1 saturated carbocycles. The summed E-state index contributed by atoms with van der Waals surface area (Å²) in [7, 11) is 2.19. The molecule has 0 aromatic heterocycles. The highest BCUT2D eigenvalue weighted by molar-refractivity contribution is 4.91. The molecule has 1 heterocycles. The molecule has 0 spiro atoms. The van der Waals surface area contributed by atoms with Crippen molar-refractivity contribution in [1.82, 2.24) is 9.80 Å². The van der Waals surface area contributed by atoms with E-state index in [9.17, 15) is 5.11 Å². The van der Waals surface area contributed by atoms with E-state index in [1.54, 1.807) is 0 Å². The van der Waals surface area contributed by atoms with Crippen molar-refractivity contribution >= 4 is 0 Å². The summed E-state index contributed by atoms with van der Waals surface area (Å²) in [4.78, 5) is 4.96. The molecule has 2 aliphatic rings. The molecule has 1 aliphatic heterocycles. The summed E-state index contributed by atoms with van der Waals surface area (Å²) >= 11 is 0. The van der Waals surface area contributed by atoms with Crippen LogP contribution in [0.4, 0.5) is 0 Å². The molecule has 0 aromatic carbocycles. The first-order valence-corrected chi connectivity index (χ1v) is 7.24. The summed E-state index contributed by atoms with van der Waals surface area (Å²) in [6.45, 7) is 7.99. The lowest BCUT2D eigenvalue weighted by molar-refractivity contribution is -0.0367. The molecule has 4 unspecified atom stereocenters. The van der Waals surface area contributed by atoms with E-state index in [2.05, 4.69) is 30.7 Å². The molecule has 2 fully saturated rings. The molecule has 3 heteroatoms. The lowest BCUT2D eigenvalue weighted by atomic mass is 9.81. The minimum absolute atomic E-state index is 0.0938. The van der Waals surface area contributed by atoms with Crippen LogP contribution in [0.1, 0.15) is 39.5 Å². The van der Waals surface area contributed by atoms with Crippen molar-refractivity contribution in [3.63, 3.8) is 0 Å². The van der Waals surface area contributed by atoms with Gasteiger partial charge in [-0.3, -0.25) is 4.90 Å². The second kappa shape index (κ2) is 5.68. The van der Waals surface area contributed by atoms with Gasteiger partial charge in [-0.05, 0) is 39.2 Å². The third-order valence-corrected chi connectivity index (χ3v) is 4.77. The number of aliphatic hydroxyl groups is 1. The van der Waals surface area contributed by atoms with Crippen molar-refractivity contribution in [3.8, 4) is 0 Å². The highest BCUT2D eigenvalue weighted by Gasteiger charge is 2.36. The van der Waals surface area contributed by atoms with E-state index in [4.69, 9.17) is 0 Å². The molecule has 17 heavy (non-hydrogen) atoms. The van der Waals surface area contributed by atoms with Gasteiger partial charge in [-0.25, -0.2) is 0 Å². The number of hydrogen-bond donors (Lipinski definition) is 1. The van der Waals surface area contributed by atoms with Crippen LogP contribution in [0.3, 0.4) is 0 Å². The van der Waals surface area contributed by atoms with Crippen LogP contribution in [-0.4, -0.2) is 59.8 Å². The molecule has 1 N–H and O–H groups in total. The minimum atomic E-state index is -0.0938. The van der Waals surface area contributed by atoms with Crippen LogP contribution >= 0.6 is 0 Å². The zero-order valence-corrected chi connectivity index (χ0v) is 11.6. The van der Waals surface area contributed by atoms with Gasteiger partial charge in [0.05, 0.1) is 6.10 Å². The average Bonchev–Trinajstić information content (AvgIpc) is 2.30. The van der Waals surface area contributed by atoms with Gasteiger partial charge in [-0.1, -0.05) is 13.3 Å². The van der Waals surface area contributed by atoms with Gasteiger partial charge in [0, 0.05) is 31.7 Å². The number of rotatable bonds is 2. The molecule has 0 radical (unpaired) electrons. The Bertz CT molecular complexity index is 246. The van der Waals surface area contributed by atoms with E-state index in [0.29, 0.717) is 12.1 Å². The first-order chi connectivity index (χ1) is 8.11.